The first kappa shape index (κ1) is 26.0. The van der Waals surface area contributed by atoms with E-state index in [-0.39, 0.29) is 11.3 Å². The largest absolute Gasteiger partial charge is 0.491 e. The third-order valence-corrected chi connectivity index (χ3v) is 4.46. The number of ether oxygens (including phenoxy) is 6. The van der Waals surface area contributed by atoms with Gasteiger partial charge in [-0.05, 0) is 48.0 Å². The Hall–Kier alpha value is -1.99. The maximum atomic E-state index is 12.5. The second-order valence-corrected chi connectivity index (χ2v) is 6.73. The summed E-state index contributed by atoms with van der Waals surface area (Å²) >= 11 is 0. The van der Waals surface area contributed by atoms with Crippen LogP contribution in [0.5, 0.6) is 0 Å². The Morgan fingerprint density at radius 1 is 0.900 bits per heavy atom. The maximum absolute atomic E-state index is 12.5. The predicted octanol–water partition coefficient (Wildman–Crippen LogP) is 4.63. The van der Waals surface area contributed by atoms with Gasteiger partial charge in [0.25, 0.3) is 0 Å². The van der Waals surface area contributed by atoms with E-state index in [2.05, 4.69) is 13.5 Å². The molecule has 0 aromatic rings. The lowest BCUT2D eigenvalue weighted by molar-refractivity contribution is -0.160. The molecule has 2 unspecified atom stereocenters. The zero-order valence-corrected chi connectivity index (χ0v) is 19.6. The van der Waals surface area contributed by atoms with Crippen LogP contribution in [0.15, 0.2) is 35.2 Å². The number of carbonyl (C=O) groups is 1. The molecule has 1 aliphatic carbocycles. The monoisotopic (exact) mass is 426 g/mol. The average molecular weight is 427 g/mol. The highest BCUT2D eigenvalue weighted by Gasteiger charge is 2.55. The third kappa shape index (κ3) is 5.58. The molecule has 0 saturated heterocycles. The third-order valence-electron chi connectivity index (χ3n) is 4.46. The van der Waals surface area contributed by atoms with E-state index >= 15 is 0 Å². The lowest BCUT2D eigenvalue weighted by atomic mass is 9.82. The predicted molar refractivity (Wildman–Crippen MR) is 115 cm³/mol. The van der Waals surface area contributed by atoms with Crippen LogP contribution in [0.1, 0.15) is 61.3 Å². The van der Waals surface area contributed by atoms with Gasteiger partial charge < -0.3 is 28.4 Å². The zero-order valence-electron chi connectivity index (χ0n) is 19.6. The van der Waals surface area contributed by atoms with Crippen LogP contribution in [0.3, 0.4) is 0 Å². The van der Waals surface area contributed by atoms with Gasteiger partial charge >= 0.3 is 5.97 Å². The van der Waals surface area contributed by atoms with E-state index in [1.54, 1.807) is 6.92 Å². The fraction of sp³-hybridized carbons (Fsp3) is 0.696. The Bertz CT molecular complexity index is 642. The molecule has 2 atom stereocenters. The fourth-order valence-electron chi connectivity index (χ4n) is 3.50. The topological polar surface area (TPSA) is 72.5 Å². The lowest BCUT2D eigenvalue weighted by Gasteiger charge is -2.45. The summed E-state index contributed by atoms with van der Waals surface area (Å²) in [4.78, 5) is 12.5. The first-order valence-electron chi connectivity index (χ1n) is 10.9. The van der Waals surface area contributed by atoms with E-state index in [1.165, 1.54) is 0 Å². The van der Waals surface area contributed by atoms with Crippen molar-refractivity contribution in [2.45, 2.75) is 73.0 Å². The quantitative estimate of drug-likeness (QED) is 0.296. The molecule has 1 rings (SSSR count). The van der Waals surface area contributed by atoms with Crippen molar-refractivity contribution in [2.24, 2.45) is 0 Å². The number of rotatable bonds is 14. The Balaban J connectivity index is 3.91. The molecule has 0 N–H and O–H groups in total. The minimum atomic E-state index is -0.969. The van der Waals surface area contributed by atoms with E-state index in [0.717, 1.165) is 6.42 Å². The molecule has 0 aromatic carbocycles. The van der Waals surface area contributed by atoms with E-state index in [1.807, 2.05) is 34.6 Å². The summed E-state index contributed by atoms with van der Waals surface area (Å²) in [7, 11) is 0. The number of carbonyl (C=O) groups excluding carboxylic acids is 1. The van der Waals surface area contributed by atoms with Gasteiger partial charge in [-0.25, -0.2) is 4.79 Å². The second-order valence-electron chi connectivity index (χ2n) is 6.73. The normalized spacial score (nSPS) is 21.5. The van der Waals surface area contributed by atoms with Crippen LogP contribution in [0.4, 0.5) is 0 Å². The summed E-state index contributed by atoms with van der Waals surface area (Å²) in [6, 6.07) is 0. The van der Waals surface area contributed by atoms with Gasteiger partial charge in [0.1, 0.15) is 0 Å². The lowest BCUT2D eigenvalue weighted by Crippen LogP contribution is -2.53. The zero-order chi connectivity index (χ0) is 22.7. The van der Waals surface area contributed by atoms with Crippen LogP contribution in [0.25, 0.3) is 0 Å². The van der Waals surface area contributed by atoms with Crippen LogP contribution in [0.2, 0.25) is 0 Å². The Morgan fingerprint density at radius 2 is 1.53 bits per heavy atom. The Kier molecular flexibility index (Phi) is 11.0. The summed E-state index contributed by atoms with van der Waals surface area (Å²) in [5.74, 6) is 0.699. The molecule has 0 bridgehead atoms. The van der Waals surface area contributed by atoms with Gasteiger partial charge in [-0.2, -0.15) is 0 Å². The second kappa shape index (κ2) is 12.6. The number of hydrogen-bond acceptors (Lipinski definition) is 7. The van der Waals surface area contributed by atoms with Gasteiger partial charge in [0.05, 0.1) is 19.8 Å². The Morgan fingerprint density at radius 3 is 2.00 bits per heavy atom. The standard InChI is InChI=1S/C23H38O7/c1-9-15-23(29-14-6)20(27-12-4)18(25-10-2)17(30-22(24)16(7)8)19(26-11-3)21(23)28-13-5/h20H,7,9-15H2,1-6,8H3. The molecule has 0 spiro atoms. The molecular formula is C23H38O7. The summed E-state index contributed by atoms with van der Waals surface area (Å²) < 4.78 is 36.2. The molecule has 0 radical (unpaired) electrons. The number of hydrogen-bond donors (Lipinski definition) is 0. The molecule has 1 aliphatic rings. The molecule has 7 nitrogen and oxygen atoms in total. The summed E-state index contributed by atoms with van der Waals surface area (Å²) in [5, 5.41) is 0. The minimum Gasteiger partial charge on any atom is -0.491 e. The molecule has 30 heavy (non-hydrogen) atoms. The number of esters is 1. The highest BCUT2D eigenvalue weighted by molar-refractivity contribution is 5.88. The van der Waals surface area contributed by atoms with Crippen LogP contribution in [-0.2, 0) is 33.2 Å². The van der Waals surface area contributed by atoms with Crippen molar-refractivity contribution >= 4 is 5.97 Å². The van der Waals surface area contributed by atoms with Gasteiger partial charge in [-0.15, -0.1) is 0 Å². The molecule has 0 fully saturated rings. The van der Waals surface area contributed by atoms with Crippen molar-refractivity contribution in [2.75, 3.05) is 33.0 Å². The fourth-order valence-corrected chi connectivity index (χ4v) is 3.50. The van der Waals surface area contributed by atoms with Gasteiger partial charge in [-0.3, -0.25) is 0 Å². The van der Waals surface area contributed by atoms with Gasteiger partial charge in [-0.1, -0.05) is 19.9 Å². The van der Waals surface area contributed by atoms with Crippen molar-refractivity contribution in [3.05, 3.63) is 35.2 Å². The summed E-state index contributed by atoms with van der Waals surface area (Å²) in [5.41, 5.74) is -0.709. The highest BCUT2D eigenvalue weighted by atomic mass is 16.6. The first-order valence-corrected chi connectivity index (χ1v) is 10.9. The van der Waals surface area contributed by atoms with Crippen LogP contribution < -0.4 is 0 Å². The average Bonchev–Trinajstić information content (AvgIpc) is 2.70. The van der Waals surface area contributed by atoms with Gasteiger partial charge in [0.2, 0.25) is 11.5 Å². The highest BCUT2D eigenvalue weighted by Crippen LogP contribution is 2.46. The maximum Gasteiger partial charge on any atom is 0.338 e. The van der Waals surface area contributed by atoms with E-state index in [4.69, 9.17) is 28.4 Å². The van der Waals surface area contributed by atoms with Crippen molar-refractivity contribution in [1.82, 2.24) is 0 Å². The van der Waals surface area contributed by atoms with Crippen molar-refractivity contribution in [3.8, 4) is 0 Å². The summed E-state index contributed by atoms with van der Waals surface area (Å²) in [6.45, 7) is 18.7. The van der Waals surface area contributed by atoms with Gasteiger partial charge in [0, 0.05) is 18.8 Å². The minimum absolute atomic E-state index is 0.153. The van der Waals surface area contributed by atoms with E-state index in [9.17, 15) is 4.79 Å². The van der Waals surface area contributed by atoms with Crippen LogP contribution >= 0.6 is 0 Å². The smallest absolute Gasteiger partial charge is 0.338 e. The van der Waals surface area contributed by atoms with Crippen molar-refractivity contribution < 1.29 is 33.2 Å². The SMILES string of the molecule is C=C(C)C(=O)OC1=C(OCC)C(OCC)C(CCC)(OCC)C(OCC)=C1OCC. The van der Waals surface area contributed by atoms with E-state index in [0.29, 0.717) is 56.7 Å². The molecule has 0 aromatic heterocycles. The van der Waals surface area contributed by atoms with Crippen molar-refractivity contribution in [1.29, 1.82) is 0 Å². The van der Waals surface area contributed by atoms with Crippen LogP contribution in [0, 0.1) is 0 Å². The van der Waals surface area contributed by atoms with Gasteiger partial charge in [0.15, 0.2) is 23.2 Å². The molecule has 0 aliphatic heterocycles. The Labute approximate surface area is 181 Å². The van der Waals surface area contributed by atoms with Crippen molar-refractivity contribution in [3.63, 3.8) is 0 Å². The summed E-state index contributed by atoms with van der Waals surface area (Å²) in [6.07, 6.45) is 0.747. The molecule has 0 heterocycles. The molecular weight excluding hydrogens is 388 g/mol. The van der Waals surface area contributed by atoms with E-state index < -0.39 is 17.7 Å². The molecule has 7 heteroatoms. The first-order chi connectivity index (χ1) is 14.4. The van der Waals surface area contributed by atoms with Crippen LogP contribution in [-0.4, -0.2) is 50.7 Å². The molecule has 0 saturated carbocycles. The molecule has 0 amide bonds. The molecule has 172 valence electrons.